The fraction of sp³-hybridized carbons (Fsp3) is 0.176. The number of ether oxygens (including phenoxy) is 1. The Hall–Kier alpha value is -3.20. The zero-order valence-corrected chi connectivity index (χ0v) is 13.5. The first kappa shape index (κ1) is 16.3. The molecule has 0 radical (unpaired) electrons. The highest BCUT2D eigenvalue weighted by atomic mass is 19.1. The summed E-state index contributed by atoms with van der Waals surface area (Å²) < 4.78 is 32.6. The normalized spacial score (nSPS) is 14.1. The highest BCUT2D eigenvalue weighted by molar-refractivity contribution is 5.63. The predicted molar refractivity (Wildman–Crippen MR) is 90.6 cm³/mol. The third-order valence-electron chi connectivity index (χ3n) is 3.95. The molecule has 2 aromatic heterocycles. The molecule has 0 spiro atoms. The summed E-state index contributed by atoms with van der Waals surface area (Å²) in [5, 5.41) is 0. The quantitative estimate of drug-likeness (QED) is 0.718. The van der Waals surface area contributed by atoms with Crippen molar-refractivity contribution in [3.63, 3.8) is 0 Å². The van der Waals surface area contributed by atoms with Gasteiger partial charge in [-0.2, -0.15) is 19.3 Å². The van der Waals surface area contributed by atoms with Crippen LogP contribution in [0.1, 0.15) is 0 Å². The van der Waals surface area contributed by atoms with Gasteiger partial charge in [-0.3, -0.25) is 0 Å². The van der Waals surface area contributed by atoms with Gasteiger partial charge in [-0.1, -0.05) is 12.1 Å². The summed E-state index contributed by atoms with van der Waals surface area (Å²) in [4.78, 5) is 18.0. The van der Waals surface area contributed by atoms with Gasteiger partial charge in [-0.05, 0) is 24.3 Å². The van der Waals surface area contributed by atoms with Crippen LogP contribution >= 0.6 is 0 Å². The molecule has 7 nitrogen and oxygen atoms in total. The van der Waals surface area contributed by atoms with E-state index >= 15 is 0 Å². The summed E-state index contributed by atoms with van der Waals surface area (Å²) in [6.45, 7) is 0.885. The monoisotopic (exact) mass is 356 g/mol. The second kappa shape index (κ2) is 6.60. The minimum absolute atomic E-state index is 0.0476. The minimum Gasteiger partial charge on any atom is -0.377 e. The van der Waals surface area contributed by atoms with E-state index in [1.807, 2.05) is 0 Å². The molecule has 2 N–H and O–H groups in total. The number of nitrogen functional groups attached to an aromatic ring is 1. The van der Waals surface area contributed by atoms with Crippen LogP contribution in [0.4, 0.5) is 26.4 Å². The molecule has 0 aliphatic carbocycles. The summed E-state index contributed by atoms with van der Waals surface area (Å²) in [5.41, 5.74) is 6.61. The molecule has 9 heteroatoms. The molecule has 1 aliphatic rings. The SMILES string of the molecule is Nc1nc(-c2ccccc2F)nc(N(c2ccc(F)nc2)C2COC2)n1. The molecule has 132 valence electrons. The number of halogens is 2. The van der Waals surface area contributed by atoms with Crippen molar-refractivity contribution in [2.45, 2.75) is 6.04 Å². The van der Waals surface area contributed by atoms with E-state index in [-0.39, 0.29) is 29.3 Å². The van der Waals surface area contributed by atoms with Gasteiger partial charge in [0.25, 0.3) is 0 Å². The number of anilines is 3. The largest absolute Gasteiger partial charge is 0.377 e. The smallest absolute Gasteiger partial charge is 0.235 e. The first-order valence-electron chi connectivity index (χ1n) is 7.87. The van der Waals surface area contributed by atoms with Gasteiger partial charge < -0.3 is 15.4 Å². The van der Waals surface area contributed by atoms with E-state index in [0.29, 0.717) is 18.9 Å². The van der Waals surface area contributed by atoms with Crippen LogP contribution in [0.5, 0.6) is 0 Å². The van der Waals surface area contributed by atoms with Gasteiger partial charge in [0, 0.05) is 0 Å². The van der Waals surface area contributed by atoms with Crippen LogP contribution in [-0.4, -0.2) is 39.2 Å². The van der Waals surface area contributed by atoms with Gasteiger partial charge in [0.15, 0.2) is 5.82 Å². The summed E-state index contributed by atoms with van der Waals surface area (Å²) in [6.07, 6.45) is 1.37. The van der Waals surface area contributed by atoms with Gasteiger partial charge >= 0.3 is 0 Å². The number of rotatable bonds is 4. The average molecular weight is 356 g/mol. The van der Waals surface area contributed by atoms with Gasteiger partial charge in [0.05, 0.1) is 36.7 Å². The fourth-order valence-corrected chi connectivity index (χ4v) is 2.62. The number of nitrogens with two attached hydrogens (primary N) is 1. The second-order valence-corrected chi connectivity index (χ2v) is 5.70. The Labute approximate surface area is 147 Å². The lowest BCUT2D eigenvalue weighted by molar-refractivity contribution is 0.0118. The van der Waals surface area contributed by atoms with Crippen molar-refractivity contribution >= 4 is 17.6 Å². The number of pyridine rings is 1. The van der Waals surface area contributed by atoms with Crippen LogP contribution in [0.15, 0.2) is 42.6 Å². The van der Waals surface area contributed by atoms with Gasteiger partial charge in [0.2, 0.25) is 17.8 Å². The van der Waals surface area contributed by atoms with Crippen LogP contribution in [0, 0.1) is 11.8 Å². The molecule has 0 saturated carbocycles. The van der Waals surface area contributed by atoms with Crippen LogP contribution in [-0.2, 0) is 4.74 Å². The molecule has 1 fully saturated rings. The number of hydrogen-bond donors (Lipinski definition) is 1. The van der Waals surface area contributed by atoms with E-state index in [1.165, 1.54) is 18.3 Å². The lowest BCUT2D eigenvalue weighted by atomic mass is 10.2. The van der Waals surface area contributed by atoms with Crippen molar-refractivity contribution < 1.29 is 13.5 Å². The third kappa shape index (κ3) is 3.04. The maximum atomic E-state index is 14.1. The predicted octanol–water partition coefficient (Wildman–Crippen LogP) is 2.33. The number of benzene rings is 1. The average Bonchev–Trinajstić information content (AvgIpc) is 2.59. The van der Waals surface area contributed by atoms with E-state index in [9.17, 15) is 8.78 Å². The lowest BCUT2D eigenvalue weighted by Crippen LogP contribution is -2.47. The number of aromatic nitrogens is 4. The van der Waals surface area contributed by atoms with Crippen LogP contribution in [0.3, 0.4) is 0 Å². The molecule has 0 unspecified atom stereocenters. The molecule has 4 rings (SSSR count). The van der Waals surface area contributed by atoms with Gasteiger partial charge in [0.1, 0.15) is 5.82 Å². The molecule has 1 saturated heterocycles. The van der Waals surface area contributed by atoms with Crippen molar-refractivity contribution in [2.75, 3.05) is 23.8 Å². The van der Waals surface area contributed by atoms with E-state index in [0.717, 1.165) is 0 Å². The minimum atomic E-state index is -0.597. The first-order chi connectivity index (χ1) is 12.6. The molecule has 0 amide bonds. The van der Waals surface area contributed by atoms with E-state index < -0.39 is 11.8 Å². The van der Waals surface area contributed by atoms with Crippen LogP contribution in [0.2, 0.25) is 0 Å². The molecule has 1 aliphatic heterocycles. The zero-order chi connectivity index (χ0) is 18.1. The Bertz CT molecular complexity index is 933. The third-order valence-corrected chi connectivity index (χ3v) is 3.95. The summed E-state index contributed by atoms with van der Waals surface area (Å²) >= 11 is 0. The Morgan fingerprint density at radius 1 is 1.04 bits per heavy atom. The van der Waals surface area contributed by atoms with Crippen molar-refractivity contribution in [1.82, 2.24) is 19.9 Å². The molecular formula is C17H14F2N6O. The Morgan fingerprint density at radius 2 is 1.85 bits per heavy atom. The molecule has 1 aromatic carbocycles. The second-order valence-electron chi connectivity index (χ2n) is 5.70. The molecule has 0 atom stereocenters. The summed E-state index contributed by atoms with van der Waals surface area (Å²) in [6, 6.07) is 8.86. The van der Waals surface area contributed by atoms with E-state index in [2.05, 4.69) is 19.9 Å². The molecule has 0 bridgehead atoms. The molecule has 3 aromatic rings. The Balaban J connectivity index is 1.81. The number of nitrogens with zero attached hydrogens (tertiary/aromatic N) is 5. The maximum Gasteiger partial charge on any atom is 0.235 e. The van der Waals surface area contributed by atoms with Crippen LogP contribution in [0.25, 0.3) is 11.4 Å². The zero-order valence-electron chi connectivity index (χ0n) is 13.5. The first-order valence-corrected chi connectivity index (χ1v) is 7.87. The van der Waals surface area contributed by atoms with Gasteiger partial charge in [-0.15, -0.1) is 0 Å². The van der Waals surface area contributed by atoms with E-state index in [1.54, 1.807) is 29.2 Å². The van der Waals surface area contributed by atoms with Crippen molar-refractivity contribution in [1.29, 1.82) is 0 Å². The number of hydrogen-bond acceptors (Lipinski definition) is 7. The Kier molecular flexibility index (Phi) is 4.13. The topological polar surface area (TPSA) is 90.1 Å². The highest BCUT2D eigenvalue weighted by Crippen LogP contribution is 2.30. The van der Waals surface area contributed by atoms with Crippen LogP contribution < -0.4 is 10.6 Å². The molecule has 3 heterocycles. The van der Waals surface area contributed by atoms with E-state index in [4.69, 9.17) is 10.5 Å². The summed E-state index contributed by atoms with van der Waals surface area (Å²) in [7, 11) is 0. The summed E-state index contributed by atoms with van der Waals surface area (Å²) in [5.74, 6) is -0.774. The van der Waals surface area contributed by atoms with Crippen molar-refractivity contribution in [3.05, 3.63) is 54.4 Å². The van der Waals surface area contributed by atoms with Gasteiger partial charge in [-0.25, -0.2) is 9.37 Å². The fourth-order valence-electron chi connectivity index (χ4n) is 2.62. The Morgan fingerprint density at radius 3 is 2.50 bits per heavy atom. The highest BCUT2D eigenvalue weighted by Gasteiger charge is 2.30. The molecular weight excluding hydrogens is 342 g/mol. The lowest BCUT2D eigenvalue weighted by Gasteiger charge is -2.37. The maximum absolute atomic E-state index is 14.1. The molecule has 26 heavy (non-hydrogen) atoms. The standard InChI is InChI=1S/C17H14F2N6O/c18-13-4-2-1-3-12(13)15-22-16(20)24-17(23-15)25(11-8-26-9-11)10-5-6-14(19)21-7-10/h1-7,11H,8-9H2,(H2,20,22,23,24). The van der Waals surface area contributed by atoms with Crippen molar-refractivity contribution in [2.24, 2.45) is 0 Å². The van der Waals surface area contributed by atoms with Crippen molar-refractivity contribution in [3.8, 4) is 11.4 Å².